The van der Waals surface area contributed by atoms with Gasteiger partial charge in [-0.15, -0.1) is 0 Å². The van der Waals surface area contributed by atoms with Gasteiger partial charge in [0.2, 0.25) is 0 Å². The molecule has 0 fully saturated rings. The molecule has 5 atom stereocenters. The summed E-state index contributed by atoms with van der Waals surface area (Å²) in [5.74, 6) is -2.45. The molecular weight excluding hydrogens is 1280 g/mol. The third-order valence-electron chi connectivity index (χ3n) is 14.2. The van der Waals surface area contributed by atoms with Gasteiger partial charge >= 0.3 is 39.5 Å². The number of carbonyl (C=O) groups excluding carboxylic acids is 4. The number of ether oxygens (including phenoxy) is 4. The number of carbonyl (C=O) groups is 4. The van der Waals surface area contributed by atoms with E-state index in [2.05, 4.69) is 167 Å². The van der Waals surface area contributed by atoms with Crippen molar-refractivity contribution in [3.63, 3.8) is 0 Å². The Labute approximate surface area is 591 Å². The van der Waals surface area contributed by atoms with E-state index < -0.39 is 97.5 Å². The predicted octanol–water partition coefficient (Wildman–Crippen LogP) is 20.7. The highest BCUT2D eigenvalue weighted by Crippen LogP contribution is 2.45. The minimum atomic E-state index is -5.01. The first-order valence-electron chi connectivity index (χ1n) is 36.4. The standard InChI is InChI=1S/C79H126O17P2/c1-5-9-13-17-21-25-29-33-36-40-43-47-51-55-59-63-76(81)89-69-74(95-78(83)65-61-57-53-49-45-39-32-28-24-20-16-12-8-4)71-93-97(85,86)91-67-73(80)68-92-98(87,88)94-72-75(96-79(84)66-62-58-54-50-46-42-38-35-31-27-23-19-15-11-7-3)70-90-77(82)64-60-56-52-48-44-41-37-34-30-26-22-18-14-10-6-2/h9-11,13-15,21-23,25-28,32-38,43-44,46-48,50,56,60,73-75,80H,5-8,12,16-20,24,29-31,39-42,45,49,51-55,57-59,61-72H2,1-4H3,(H,85,86)(H,87,88)/b13-9-,14-10-,15-11-,25-21-,26-22-,27-23-,32-28-,36-33-,37-34-,38-35-,47-43-,48-44-,50-46-,60-56-. The topological polar surface area (TPSA) is 237 Å². The smallest absolute Gasteiger partial charge is 0.462 e. The summed E-state index contributed by atoms with van der Waals surface area (Å²) in [4.78, 5) is 72.6. The molecule has 0 aliphatic heterocycles. The zero-order valence-corrected chi connectivity index (χ0v) is 61.9. The molecule has 554 valence electrons. The van der Waals surface area contributed by atoms with Crippen LogP contribution in [0.25, 0.3) is 0 Å². The van der Waals surface area contributed by atoms with Crippen LogP contribution in [0.2, 0.25) is 0 Å². The van der Waals surface area contributed by atoms with Gasteiger partial charge in [0.15, 0.2) is 12.2 Å². The number of unbranched alkanes of at least 4 members (excludes halogenated alkanes) is 13. The highest BCUT2D eigenvalue weighted by atomic mass is 31.2. The van der Waals surface area contributed by atoms with Gasteiger partial charge < -0.3 is 33.8 Å². The second kappa shape index (κ2) is 69.9. The Kier molecular flexibility index (Phi) is 65.9. The summed E-state index contributed by atoms with van der Waals surface area (Å²) >= 11 is 0. The van der Waals surface area contributed by atoms with Crippen molar-refractivity contribution < 1.29 is 80.2 Å². The molecule has 17 nitrogen and oxygen atoms in total. The van der Waals surface area contributed by atoms with Crippen molar-refractivity contribution in [2.75, 3.05) is 39.6 Å². The van der Waals surface area contributed by atoms with Crippen molar-refractivity contribution in [2.45, 2.75) is 264 Å². The Hall–Kier alpha value is -5.58. The quantitative estimate of drug-likeness (QED) is 0.0169. The number of aliphatic hydroxyl groups excluding tert-OH is 1. The molecule has 98 heavy (non-hydrogen) atoms. The van der Waals surface area contributed by atoms with E-state index in [4.69, 9.17) is 37.0 Å². The molecule has 0 spiro atoms. The molecule has 5 unspecified atom stereocenters. The Balaban J connectivity index is 5.51. The normalized spacial score (nSPS) is 15.0. The van der Waals surface area contributed by atoms with Crippen molar-refractivity contribution >= 4 is 39.5 Å². The van der Waals surface area contributed by atoms with E-state index in [1.807, 2.05) is 24.3 Å². The second-order valence-corrected chi connectivity index (χ2v) is 26.3. The minimum absolute atomic E-state index is 0.0158. The molecule has 0 aliphatic rings. The zero-order valence-electron chi connectivity index (χ0n) is 60.1. The number of allylic oxidation sites excluding steroid dienone is 27. The fourth-order valence-corrected chi connectivity index (χ4v) is 10.3. The van der Waals surface area contributed by atoms with Crippen LogP contribution in [0.3, 0.4) is 0 Å². The number of hydrogen-bond acceptors (Lipinski definition) is 15. The average molecular weight is 1410 g/mol. The summed E-state index contributed by atoms with van der Waals surface area (Å²) in [6, 6.07) is 0. The van der Waals surface area contributed by atoms with Crippen LogP contribution in [-0.2, 0) is 65.4 Å². The summed E-state index contributed by atoms with van der Waals surface area (Å²) in [6.07, 6.45) is 81.1. The fraction of sp³-hybridized carbons (Fsp3) is 0.595. The van der Waals surface area contributed by atoms with Crippen molar-refractivity contribution in [1.82, 2.24) is 0 Å². The first-order chi connectivity index (χ1) is 47.7. The lowest BCUT2D eigenvalue weighted by atomic mass is 10.1. The Bertz CT molecular complexity index is 2530. The molecule has 0 aliphatic carbocycles. The van der Waals surface area contributed by atoms with Crippen LogP contribution in [0, 0.1) is 0 Å². The summed E-state index contributed by atoms with van der Waals surface area (Å²) in [5, 5.41) is 10.6. The maximum absolute atomic E-state index is 13.1. The Morgan fingerprint density at radius 3 is 0.939 bits per heavy atom. The SMILES string of the molecule is CC/C=C\C/C=C\C/C=C\C/C=C\C/C=C\CC(=O)OCC(COP(=O)(O)OCC(O)COP(=O)(O)OCC(COC(=O)CCCC/C=C\C/C=C\C/C=C\C/C=C\CC)OC(=O)CCCCCCC/C=C\CCCCCC)OC(=O)CCCC/C=C\C/C=C\C/C=C\C/C=C\CC. The first-order valence-corrected chi connectivity index (χ1v) is 39.4. The van der Waals surface area contributed by atoms with E-state index in [1.165, 1.54) is 25.7 Å². The van der Waals surface area contributed by atoms with Gasteiger partial charge in [-0.2, -0.15) is 0 Å². The largest absolute Gasteiger partial charge is 0.472 e. The highest BCUT2D eigenvalue weighted by Gasteiger charge is 2.30. The second-order valence-electron chi connectivity index (χ2n) is 23.4. The molecule has 0 amide bonds. The van der Waals surface area contributed by atoms with Gasteiger partial charge in [0.1, 0.15) is 19.3 Å². The lowest BCUT2D eigenvalue weighted by Gasteiger charge is -2.21. The van der Waals surface area contributed by atoms with Gasteiger partial charge in [0.05, 0.1) is 32.8 Å². The fourth-order valence-electron chi connectivity index (χ4n) is 8.74. The van der Waals surface area contributed by atoms with Crippen LogP contribution in [-0.4, -0.2) is 96.7 Å². The molecule has 0 aromatic heterocycles. The predicted molar refractivity (Wildman–Crippen MR) is 399 cm³/mol. The third-order valence-corrected chi connectivity index (χ3v) is 16.1. The lowest BCUT2D eigenvalue weighted by molar-refractivity contribution is -0.161. The van der Waals surface area contributed by atoms with E-state index in [0.717, 1.165) is 135 Å². The van der Waals surface area contributed by atoms with Crippen molar-refractivity contribution in [1.29, 1.82) is 0 Å². The number of rotatable bonds is 66. The molecule has 0 saturated heterocycles. The van der Waals surface area contributed by atoms with Crippen LogP contribution in [0.5, 0.6) is 0 Å². The Morgan fingerprint density at radius 2 is 0.571 bits per heavy atom. The summed E-state index contributed by atoms with van der Waals surface area (Å²) in [6.45, 7) is 4.24. The van der Waals surface area contributed by atoms with Crippen molar-refractivity contribution in [3.05, 3.63) is 170 Å². The minimum Gasteiger partial charge on any atom is -0.462 e. The van der Waals surface area contributed by atoms with Gasteiger partial charge in [-0.05, 0) is 154 Å². The monoisotopic (exact) mass is 1410 g/mol. The van der Waals surface area contributed by atoms with Gasteiger partial charge in [-0.25, -0.2) is 9.13 Å². The summed E-state index contributed by atoms with van der Waals surface area (Å²) < 4.78 is 68.1. The van der Waals surface area contributed by atoms with Gasteiger partial charge in [-0.1, -0.05) is 236 Å². The van der Waals surface area contributed by atoms with Gasteiger partial charge in [0.25, 0.3) is 0 Å². The molecule has 19 heteroatoms. The molecule has 0 saturated carbocycles. The van der Waals surface area contributed by atoms with Gasteiger partial charge in [-0.3, -0.25) is 37.3 Å². The number of esters is 4. The maximum atomic E-state index is 13.1. The molecular formula is C79H126O17P2. The number of hydrogen-bond donors (Lipinski definition) is 3. The Morgan fingerprint density at radius 1 is 0.306 bits per heavy atom. The van der Waals surface area contributed by atoms with E-state index in [1.54, 1.807) is 6.08 Å². The molecule has 3 N–H and O–H groups in total. The molecule has 0 aromatic carbocycles. The summed E-state index contributed by atoms with van der Waals surface area (Å²) in [7, 11) is -10.0. The van der Waals surface area contributed by atoms with Crippen LogP contribution in [0.1, 0.15) is 246 Å². The number of aliphatic hydroxyl groups is 1. The van der Waals surface area contributed by atoms with E-state index in [-0.39, 0.29) is 25.7 Å². The van der Waals surface area contributed by atoms with Crippen LogP contribution in [0.15, 0.2) is 170 Å². The highest BCUT2D eigenvalue weighted by molar-refractivity contribution is 7.47. The van der Waals surface area contributed by atoms with Gasteiger partial charge in [0, 0.05) is 19.3 Å². The maximum Gasteiger partial charge on any atom is 0.472 e. The van der Waals surface area contributed by atoms with Crippen LogP contribution >= 0.6 is 15.6 Å². The zero-order chi connectivity index (χ0) is 71.8. The molecule has 0 heterocycles. The first kappa shape index (κ1) is 92.4. The lowest BCUT2D eigenvalue weighted by Crippen LogP contribution is -2.30. The number of phosphoric ester groups is 2. The summed E-state index contributed by atoms with van der Waals surface area (Å²) in [5.41, 5.74) is 0. The van der Waals surface area contributed by atoms with E-state index in [9.17, 15) is 43.2 Å². The molecule has 0 rings (SSSR count). The molecule has 0 radical (unpaired) electrons. The number of phosphoric acid groups is 2. The van der Waals surface area contributed by atoms with Crippen LogP contribution < -0.4 is 0 Å². The third kappa shape index (κ3) is 68.9. The van der Waals surface area contributed by atoms with Crippen molar-refractivity contribution in [2.24, 2.45) is 0 Å². The average Bonchev–Trinajstić information content (AvgIpc) is 1.04. The van der Waals surface area contributed by atoms with E-state index in [0.29, 0.717) is 32.1 Å². The van der Waals surface area contributed by atoms with Crippen LogP contribution in [0.4, 0.5) is 0 Å². The van der Waals surface area contributed by atoms with Crippen molar-refractivity contribution in [3.8, 4) is 0 Å². The molecule has 0 bridgehead atoms. The van der Waals surface area contributed by atoms with E-state index >= 15 is 0 Å². The molecule has 0 aromatic rings.